The summed E-state index contributed by atoms with van der Waals surface area (Å²) in [6.45, 7) is 2.75. The molecule has 0 saturated heterocycles. The van der Waals surface area contributed by atoms with Crippen molar-refractivity contribution in [1.29, 1.82) is 0 Å². The van der Waals surface area contributed by atoms with E-state index in [0.717, 1.165) is 44.0 Å². The third kappa shape index (κ3) is 7.69. The topological polar surface area (TPSA) is 106 Å². The van der Waals surface area contributed by atoms with E-state index in [1.807, 2.05) is 24.3 Å². The molecule has 4 aromatic carbocycles. The average Bonchev–Trinajstić information content (AvgIpc) is 3.12. The molecule has 250 valence electrons. The summed E-state index contributed by atoms with van der Waals surface area (Å²) in [5.74, 6) is 1.24. The molecule has 0 atom stereocenters. The van der Waals surface area contributed by atoms with E-state index in [-0.39, 0.29) is 22.2 Å². The molecule has 0 saturated carbocycles. The molecule has 0 aliphatic carbocycles. The first-order valence-corrected chi connectivity index (χ1v) is 16.3. The van der Waals surface area contributed by atoms with E-state index >= 15 is 0 Å². The molecule has 49 heavy (non-hydrogen) atoms. The van der Waals surface area contributed by atoms with Gasteiger partial charge in [0.15, 0.2) is 11.5 Å². The van der Waals surface area contributed by atoms with Crippen molar-refractivity contribution < 1.29 is 14.3 Å². The van der Waals surface area contributed by atoms with Crippen LogP contribution in [0.4, 0.5) is 5.69 Å². The number of nitrogens with zero attached hydrogens (tertiary/aromatic N) is 2. The molecule has 0 spiro atoms. The molecular weight excluding hydrogens is 640 g/mol. The number of fused-ring (bicyclic) bond motifs is 1. The molecule has 6 rings (SSSR count). The van der Waals surface area contributed by atoms with E-state index < -0.39 is 5.56 Å². The predicted octanol–water partition coefficient (Wildman–Crippen LogP) is 4.25. The summed E-state index contributed by atoms with van der Waals surface area (Å²) in [5.41, 5.74) is 5.24. The molecule has 1 aliphatic rings. The van der Waals surface area contributed by atoms with Gasteiger partial charge in [-0.25, -0.2) is 0 Å². The summed E-state index contributed by atoms with van der Waals surface area (Å²) in [5, 5.41) is 3.70. The van der Waals surface area contributed by atoms with Crippen molar-refractivity contribution in [3.63, 3.8) is 0 Å². The van der Waals surface area contributed by atoms with Crippen LogP contribution < -0.4 is 36.6 Å². The van der Waals surface area contributed by atoms with Crippen LogP contribution in [-0.4, -0.2) is 47.7 Å². The normalized spacial score (nSPS) is 13.6. The third-order valence-corrected chi connectivity index (χ3v) is 9.10. The molecule has 9 nitrogen and oxygen atoms in total. The molecule has 10 heteroatoms. The Morgan fingerprint density at radius 1 is 0.918 bits per heavy atom. The van der Waals surface area contributed by atoms with Gasteiger partial charge in [-0.3, -0.25) is 19.3 Å². The van der Waals surface area contributed by atoms with E-state index in [4.69, 9.17) is 21.1 Å². The number of methoxy groups -OCH3 is 2. The number of halogens is 1. The zero-order valence-electron chi connectivity index (χ0n) is 27.6. The molecular formula is C39H37ClN4O5. The maximum atomic E-state index is 13.2. The van der Waals surface area contributed by atoms with Crippen molar-refractivity contribution in [1.82, 2.24) is 14.5 Å². The van der Waals surface area contributed by atoms with Crippen LogP contribution in [-0.2, 0) is 26.4 Å². The van der Waals surface area contributed by atoms with Gasteiger partial charge >= 0.3 is 0 Å². The number of aromatic amines is 1. The van der Waals surface area contributed by atoms with Crippen molar-refractivity contribution in [2.24, 2.45) is 7.05 Å². The van der Waals surface area contributed by atoms with Gasteiger partial charge in [0, 0.05) is 43.0 Å². The number of carbonyl (C=O) groups excluding carboxylic acids is 1. The van der Waals surface area contributed by atoms with E-state index in [1.54, 1.807) is 74.9 Å². The van der Waals surface area contributed by atoms with Gasteiger partial charge in [-0.2, -0.15) is 0 Å². The second-order valence-electron chi connectivity index (χ2n) is 12.0. The van der Waals surface area contributed by atoms with Crippen LogP contribution >= 0.6 is 11.6 Å². The number of hydrogen-bond acceptors (Lipinski definition) is 6. The highest BCUT2D eigenvalue weighted by Gasteiger charge is 2.19. The van der Waals surface area contributed by atoms with Crippen LogP contribution in [0.25, 0.3) is 12.2 Å². The summed E-state index contributed by atoms with van der Waals surface area (Å²) in [7, 11) is 4.86. The molecule has 0 fully saturated rings. The SMILES string of the molecule is COc1cc2c(cc1OC)CN(CCc1ccc(NC(=O)c3cccc(/C=c4\[nH]c(=O)/c(=C/c5ccccc5Cl)n(C)c4=O)c3)cc1)CC2. The molecule has 0 radical (unpaired) electrons. The zero-order valence-corrected chi connectivity index (χ0v) is 28.3. The van der Waals surface area contributed by atoms with Gasteiger partial charge < -0.3 is 24.3 Å². The predicted molar refractivity (Wildman–Crippen MR) is 193 cm³/mol. The van der Waals surface area contributed by atoms with Crippen LogP contribution in [0.5, 0.6) is 11.5 Å². The summed E-state index contributed by atoms with van der Waals surface area (Å²) in [6.07, 6.45) is 4.98. The first kappa shape index (κ1) is 33.5. The number of carbonyl (C=O) groups is 1. The van der Waals surface area contributed by atoms with Crippen molar-refractivity contribution >= 4 is 35.3 Å². The van der Waals surface area contributed by atoms with Gasteiger partial charge in [-0.1, -0.05) is 54.1 Å². The Morgan fingerprint density at radius 3 is 2.39 bits per heavy atom. The first-order valence-electron chi connectivity index (χ1n) is 16.0. The minimum absolute atomic E-state index is 0.102. The summed E-state index contributed by atoms with van der Waals surface area (Å²) in [6, 6.07) is 26.0. The molecule has 5 aromatic rings. The molecule has 0 bridgehead atoms. The number of H-pyrrole nitrogens is 1. The van der Waals surface area contributed by atoms with Crippen LogP contribution in [0.3, 0.4) is 0 Å². The summed E-state index contributed by atoms with van der Waals surface area (Å²) >= 11 is 6.24. The van der Waals surface area contributed by atoms with E-state index in [2.05, 4.69) is 27.3 Å². The van der Waals surface area contributed by atoms with Crippen LogP contribution in [0.2, 0.25) is 5.02 Å². The Morgan fingerprint density at radius 2 is 1.65 bits per heavy atom. The minimum Gasteiger partial charge on any atom is -0.493 e. The smallest absolute Gasteiger partial charge is 0.274 e. The number of rotatable bonds is 9. The second kappa shape index (κ2) is 14.8. The van der Waals surface area contributed by atoms with E-state index in [0.29, 0.717) is 27.4 Å². The molecule has 2 N–H and O–H groups in total. The summed E-state index contributed by atoms with van der Waals surface area (Å²) < 4.78 is 12.2. The quantitative estimate of drug-likeness (QED) is 0.242. The second-order valence-corrected chi connectivity index (χ2v) is 12.4. The van der Waals surface area contributed by atoms with Crippen molar-refractivity contribution in [3.05, 3.63) is 155 Å². The van der Waals surface area contributed by atoms with Gasteiger partial charge in [0.25, 0.3) is 17.0 Å². The lowest BCUT2D eigenvalue weighted by atomic mass is 9.98. The number of benzene rings is 4. The maximum absolute atomic E-state index is 13.2. The van der Waals surface area contributed by atoms with Gasteiger partial charge in [0.05, 0.1) is 14.2 Å². The lowest BCUT2D eigenvalue weighted by molar-refractivity contribution is 0.102. The monoisotopic (exact) mass is 676 g/mol. The summed E-state index contributed by atoms with van der Waals surface area (Å²) in [4.78, 5) is 44.4. The Labute approximate surface area is 288 Å². The lowest BCUT2D eigenvalue weighted by Crippen LogP contribution is -2.52. The highest BCUT2D eigenvalue weighted by Crippen LogP contribution is 2.33. The standard InChI is InChI=1S/C39H37ClN4O5/c1-43-34(21-28-8-4-5-10-32(28)40)38(46)42-33(39(43)47)20-26-7-6-9-29(19-26)37(45)41-31-13-11-25(12-14-31)15-17-44-18-16-27-22-35(48-2)36(49-3)23-30(27)24-44/h4-14,19-23H,15-18,24H2,1-3H3,(H,41,45)(H,42,46)/b33-20-,34-21-. The molecule has 2 heterocycles. The van der Waals surface area contributed by atoms with Gasteiger partial charge in [-0.05, 0) is 95.3 Å². The van der Waals surface area contributed by atoms with Crippen LogP contribution in [0.1, 0.15) is 38.2 Å². The number of ether oxygens (including phenoxy) is 2. The fourth-order valence-electron chi connectivity index (χ4n) is 6.00. The van der Waals surface area contributed by atoms with Crippen molar-refractivity contribution in [2.75, 3.05) is 32.6 Å². The number of anilines is 1. The van der Waals surface area contributed by atoms with Crippen molar-refractivity contribution in [3.8, 4) is 11.5 Å². The van der Waals surface area contributed by atoms with Crippen molar-refractivity contribution in [2.45, 2.75) is 19.4 Å². The highest BCUT2D eigenvalue weighted by molar-refractivity contribution is 6.32. The third-order valence-electron chi connectivity index (χ3n) is 8.76. The van der Waals surface area contributed by atoms with Crippen LogP contribution in [0, 0.1) is 0 Å². The largest absolute Gasteiger partial charge is 0.493 e. The number of hydrogen-bond donors (Lipinski definition) is 2. The molecule has 1 aromatic heterocycles. The Kier molecular flexibility index (Phi) is 10.1. The first-order chi connectivity index (χ1) is 23.7. The molecule has 0 unspecified atom stereocenters. The number of amides is 1. The van der Waals surface area contributed by atoms with E-state index in [9.17, 15) is 14.4 Å². The van der Waals surface area contributed by atoms with E-state index in [1.165, 1.54) is 28.3 Å². The van der Waals surface area contributed by atoms with Gasteiger partial charge in [-0.15, -0.1) is 0 Å². The fraction of sp³-hybridized carbons (Fsp3) is 0.205. The molecule has 1 aliphatic heterocycles. The van der Waals surface area contributed by atoms with Gasteiger partial charge in [0.1, 0.15) is 10.7 Å². The average molecular weight is 677 g/mol. The Hall–Kier alpha value is -5.38. The molecule has 1 amide bonds. The highest BCUT2D eigenvalue weighted by atomic mass is 35.5. The Balaban J connectivity index is 1.10. The number of aromatic nitrogens is 2. The Bertz CT molecular complexity index is 2260. The minimum atomic E-state index is -0.436. The number of nitrogens with one attached hydrogen (secondary N) is 2. The lowest BCUT2D eigenvalue weighted by Gasteiger charge is -2.29. The van der Waals surface area contributed by atoms with Gasteiger partial charge in [0.2, 0.25) is 0 Å². The maximum Gasteiger partial charge on any atom is 0.274 e. The zero-order chi connectivity index (χ0) is 34.5. The van der Waals surface area contributed by atoms with Crippen LogP contribution in [0.15, 0.2) is 94.5 Å². The fourth-order valence-corrected chi connectivity index (χ4v) is 6.19.